The molecule has 1 aromatic heterocycles. The summed E-state index contributed by atoms with van der Waals surface area (Å²) in [5.41, 5.74) is 5.27. The van der Waals surface area contributed by atoms with E-state index in [1.54, 1.807) is 12.1 Å². The highest BCUT2D eigenvalue weighted by Crippen LogP contribution is 2.19. The van der Waals surface area contributed by atoms with E-state index >= 15 is 0 Å². The number of hydrogen-bond donors (Lipinski definition) is 5. The number of carbonyl (C=O) groups excluding carboxylic acids is 1. The molecule has 3 atom stereocenters. The van der Waals surface area contributed by atoms with E-state index < -0.39 is 35.7 Å². The molecule has 0 radical (unpaired) electrons. The molecule has 0 amide bonds. The number of aliphatic carboxylic acids is 2. The molecule has 0 aromatic carbocycles. The Bertz CT molecular complexity index is 599. The van der Waals surface area contributed by atoms with Crippen LogP contribution in [0.25, 0.3) is 0 Å². The molecule has 10 heteroatoms. The molecule has 0 aliphatic carbocycles. The largest absolute Gasteiger partial charge is 0.479 e. The van der Waals surface area contributed by atoms with Crippen LogP contribution in [0.15, 0.2) is 16.5 Å². The highest BCUT2D eigenvalue weighted by atomic mass is 16.6. The molecule has 0 spiro atoms. The molecule has 2 unspecified atom stereocenters. The summed E-state index contributed by atoms with van der Waals surface area (Å²) in [4.78, 5) is 31.2. The maximum absolute atomic E-state index is 11.6. The van der Waals surface area contributed by atoms with Crippen LogP contribution < -0.4 is 5.73 Å². The lowest BCUT2D eigenvalue weighted by atomic mass is 10.2. The Balaban J connectivity index is 0.000000541. The summed E-state index contributed by atoms with van der Waals surface area (Å²) in [7, 11) is 0. The molecule has 0 saturated heterocycles. The third-order valence-corrected chi connectivity index (χ3v) is 2.84. The highest BCUT2D eigenvalue weighted by Gasteiger charge is 2.29. The van der Waals surface area contributed by atoms with Crippen molar-refractivity contribution in [3.63, 3.8) is 0 Å². The van der Waals surface area contributed by atoms with E-state index in [-0.39, 0.29) is 11.8 Å². The summed E-state index contributed by atoms with van der Waals surface area (Å²) in [5, 5.41) is 32.5. The number of nitrogens with two attached hydrogens (primary N) is 1. The van der Waals surface area contributed by atoms with Crippen LogP contribution >= 0.6 is 0 Å². The van der Waals surface area contributed by atoms with Crippen LogP contribution in [0, 0.1) is 0 Å². The Morgan fingerprint density at radius 2 is 1.58 bits per heavy atom. The zero-order valence-corrected chi connectivity index (χ0v) is 15.0. The molecular formula is C16H25NO9. The van der Waals surface area contributed by atoms with Gasteiger partial charge in [-0.3, -0.25) is 0 Å². The average Bonchev–Trinajstić information content (AvgIpc) is 3.01. The SMILES string of the molecule is CC[C@@H](N)c1ccc(C(=O)OC(C)(C)C)o1.O=C(O)C(O)C(O)C(=O)O. The summed E-state index contributed by atoms with van der Waals surface area (Å²) in [5.74, 6) is -3.18. The number of carboxylic acid groups (broad SMARTS) is 2. The van der Waals surface area contributed by atoms with E-state index in [1.165, 1.54) is 0 Å². The van der Waals surface area contributed by atoms with Gasteiger partial charge in [-0.25, -0.2) is 14.4 Å². The standard InChI is InChI=1S/C12H19NO3.C4H6O6/c1-5-8(13)9-6-7-10(15-9)11(14)16-12(2,3)4;5-1(3(7)8)2(6)4(9)10/h6-8H,5,13H2,1-4H3;1-2,5-6H,(H,7,8)(H,9,10)/t8-;/m1./s1. The van der Waals surface area contributed by atoms with Crippen LogP contribution in [0.4, 0.5) is 0 Å². The first-order valence-electron chi connectivity index (χ1n) is 7.70. The van der Waals surface area contributed by atoms with Crippen LogP contribution in [0.5, 0.6) is 0 Å². The Morgan fingerprint density at radius 3 is 1.92 bits per heavy atom. The lowest BCUT2D eigenvalue weighted by Crippen LogP contribution is -2.39. The predicted octanol–water partition coefficient (Wildman–Crippen LogP) is 0.522. The number of aliphatic hydroxyl groups is 2. The quantitative estimate of drug-likeness (QED) is 0.440. The summed E-state index contributed by atoms with van der Waals surface area (Å²) in [6.45, 7) is 7.39. The minimum atomic E-state index is -2.27. The fourth-order valence-corrected chi connectivity index (χ4v) is 1.46. The third-order valence-electron chi connectivity index (χ3n) is 2.84. The first kappa shape index (κ1) is 23.6. The van der Waals surface area contributed by atoms with Gasteiger partial charge in [0.1, 0.15) is 11.4 Å². The van der Waals surface area contributed by atoms with Gasteiger partial charge in [-0.05, 0) is 39.3 Å². The van der Waals surface area contributed by atoms with E-state index in [0.717, 1.165) is 6.42 Å². The van der Waals surface area contributed by atoms with Crippen molar-refractivity contribution in [3.05, 3.63) is 23.7 Å². The molecule has 148 valence electrons. The molecule has 1 aromatic rings. The van der Waals surface area contributed by atoms with E-state index in [4.69, 9.17) is 35.3 Å². The number of ether oxygens (including phenoxy) is 1. The lowest BCUT2D eigenvalue weighted by Gasteiger charge is -2.18. The number of carbonyl (C=O) groups is 3. The number of esters is 1. The molecular weight excluding hydrogens is 350 g/mol. The zero-order valence-electron chi connectivity index (χ0n) is 15.0. The van der Waals surface area contributed by atoms with Crippen molar-refractivity contribution < 1.29 is 44.0 Å². The van der Waals surface area contributed by atoms with Gasteiger partial charge in [0.05, 0.1) is 6.04 Å². The minimum Gasteiger partial charge on any atom is -0.479 e. The molecule has 0 bridgehead atoms. The molecule has 6 N–H and O–H groups in total. The lowest BCUT2D eigenvalue weighted by molar-refractivity contribution is -0.165. The fraction of sp³-hybridized carbons (Fsp3) is 0.562. The minimum absolute atomic E-state index is 0.170. The molecule has 26 heavy (non-hydrogen) atoms. The second-order valence-corrected chi connectivity index (χ2v) is 6.28. The van der Waals surface area contributed by atoms with Gasteiger partial charge in [0.25, 0.3) is 0 Å². The number of furan rings is 1. The fourth-order valence-electron chi connectivity index (χ4n) is 1.46. The Hall–Kier alpha value is -2.43. The van der Waals surface area contributed by atoms with E-state index in [2.05, 4.69) is 0 Å². The van der Waals surface area contributed by atoms with Crippen LogP contribution in [0.3, 0.4) is 0 Å². The molecule has 0 saturated carbocycles. The Labute approximate surface area is 150 Å². The van der Waals surface area contributed by atoms with E-state index in [1.807, 2.05) is 27.7 Å². The second kappa shape index (κ2) is 9.90. The number of carboxylic acids is 2. The second-order valence-electron chi connectivity index (χ2n) is 6.28. The molecule has 0 fully saturated rings. The number of aliphatic hydroxyl groups excluding tert-OH is 2. The van der Waals surface area contributed by atoms with Crippen molar-refractivity contribution in [1.82, 2.24) is 0 Å². The first-order chi connectivity index (χ1) is 11.8. The van der Waals surface area contributed by atoms with Gasteiger partial charge >= 0.3 is 17.9 Å². The van der Waals surface area contributed by atoms with Gasteiger partial charge < -0.3 is 35.3 Å². The van der Waals surface area contributed by atoms with Gasteiger partial charge in [-0.2, -0.15) is 0 Å². The first-order valence-corrected chi connectivity index (χ1v) is 7.70. The van der Waals surface area contributed by atoms with E-state index in [0.29, 0.717) is 5.76 Å². The molecule has 0 aliphatic heterocycles. The highest BCUT2D eigenvalue weighted by molar-refractivity contribution is 5.86. The van der Waals surface area contributed by atoms with Crippen LogP contribution in [-0.2, 0) is 14.3 Å². The predicted molar refractivity (Wildman–Crippen MR) is 88.4 cm³/mol. The topological polar surface area (TPSA) is 181 Å². The molecule has 1 rings (SSSR count). The van der Waals surface area contributed by atoms with E-state index in [9.17, 15) is 14.4 Å². The smallest absolute Gasteiger partial charge is 0.374 e. The van der Waals surface area contributed by atoms with Crippen molar-refractivity contribution >= 4 is 17.9 Å². The Morgan fingerprint density at radius 1 is 1.12 bits per heavy atom. The van der Waals surface area contributed by atoms with Gasteiger partial charge in [0, 0.05) is 0 Å². The van der Waals surface area contributed by atoms with Crippen LogP contribution in [0.1, 0.15) is 56.5 Å². The third kappa shape index (κ3) is 8.10. The van der Waals surface area contributed by atoms with Crippen molar-refractivity contribution in [2.45, 2.75) is 58.0 Å². The zero-order chi connectivity index (χ0) is 20.7. The van der Waals surface area contributed by atoms with Gasteiger partial charge in [-0.1, -0.05) is 6.92 Å². The van der Waals surface area contributed by atoms with Crippen molar-refractivity contribution in [2.24, 2.45) is 5.73 Å². The van der Waals surface area contributed by atoms with Crippen molar-refractivity contribution in [2.75, 3.05) is 0 Å². The molecule has 1 heterocycles. The summed E-state index contributed by atoms with van der Waals surface area (Å²) in [6, 6.07) is 3.14. The maximum atomic E-state index is 11.6. The summed E-state index contributed by atoms with van der Waals surface area (Å²) < 4.78 is 10.5. The molecule has 10 nitrogen and oxygen atoms in total. The molecule has 0 aliphatic rings. The van der Waals surface area contributed by atoms with Crippen molar-refractivity contribution in [3.8, 4) is 0 Å². The number of hydrogen-bond acceptors (Lipinski definition) is 8. The van der Waals surface area contributed by atoms with Gasteiger partial charge in [0.2, 0.25) is 5.76 Å². The normalized spacial score (nSPS) is 14.4. The van der Waals surface area contributed by atoms with Crippen LogP contribution in [-0.4, -0.2) is 56.1 Å². The van der Waals surface area contributed by atoms with Gasteiger partial charge in [0.15, 0.2) is 12.2 Å². The maximum Gasteiger partial charge on any atom is 0.374 e. The average molecular weight is 375 g/mol. The monoisotopic (exact) mass is 375 g/mol. The Kier molecular flexibility index (Phi) is 8.97. The summed E-state index contributed by atoms with van der Waals surface area (Å²) in [6.07, 6.45) is -3.77. The van der Waals surface area contributed by atoms with Gasteiger partial charge in [-0.15, -0.1) is 0 Å². The van der Waals surface area contributed by atoms with Crippen LogP contribution in [0.2, 0.25) is 0 Å². The van der Waals surface area contributed by atoms with Crippen molar-refractivity contribution in [1.29, 1.82) is 0 Å². The summed E-state index contributed by atoms with van der Waals surface area (Å²) >= 11 is 0. The number of rotatable bonds is 6.